The number of fused-ring (bicyclic) bond motifs is 1. The van der Waals surface area contributed by atoms with Crippen LogP contribution in [0.4, 0.5) is 0 Å². The number of para-hydroxylation sites is 1. The van der Waals surface area contributed by atoms with Crippen molar-refractivity contribution in [1.29, 1.82) is 0 Å². The van der Waals surface area contributed by atoms with Crippen LogP contribution in [0.5, 0.6) is 0 Å². The number of pyridine rings is 2. The second-order valence-corrected chi connectivity index (χ2v) is 7.43. The van der Waals surface area contributed by atoms with Gasteiger partial charge in [0, 0.05) is 36.7 Å². The lowest BCUT2D eigenvalue weighted by Gasteiger charge is -2.15. The molecule has 142 valence electrons. The third-order valence-electron chi connectivity index (χ3n) is 5.04. The van der Waals surface area contributed by atoms with Gasteiger partial charge in [-0.2, -0.15) is 5.10 Å². The number of amides is 1. The number of hydrazone groups is 1. The molecule has 0 N–H and O–H groups in total. The van der Waals surface area contributed by atoms with E-state index >= 15 is 0 Å². The molecule has 3 heterocycles. The molecule has 1 saturated heterocycles. The number of aromatic nitrogens is 2. The van der Waals surface area contributed by atoms with Crippen LogP contribution in [-0.4, -0.2) is 33.1 Å². The average molecular weight is 372 g/mol. The van der Waals surface area contributed by atoms with E-state index in [0.29, 0.717) is 25.3 Å². The minimum Gasteiger partial charge on any atom is -0.273 e. The van der Waals surface area contributed by atoms with Gasteiger partial charge in [0.2, 0.25) is 5.91 Å². The van der Waals surface area contributed by atoms with Crippen LogP contribution in [0.3, 0.4) is 0 Å². The molecule has 0 aliphatic carbocycles. The van der Waals surface area contributed by atoms with Gasteiger partial charge in [0.1, 0.15) is 0 Å². The number of carbonyl (C=O) groups is 1. The monoisotopic (exact) mass is 372 g/mol. The van der Waals surface area contributed by atoms with Crippen molar-refractivity contribution in [3.63, 3.8) is 0 Å². The standard InChI is InChI=1S/C23H24N4O/c1-16(2)19-9-5-10-21(25-19)22(26-27-14-6-11-23(27)28)15-17-12-13-24-20-8-4-3-7-18(17)20/h3-5,7-10,12-13,16H,6,11,14-15H2,1-2H3/b26-22+. The van der Waals surface area contributed by atoms with Gasteiger partial charge < -0.3 is 0 Å². The van der Waals surface area contributed by atoms with E-state index in [2.05, 4.69) is 24.9 Å². The lowest BCUT2D eigenvalue weighted by molar-refractivity contribution is -0.127. The molecule has 0 radical (unpaired) electrons. The first kappa shape index (κ1) is 18.3. The molecular weight excluding hydrogens is 348 g/mol. The minimum absolute atomic E-state index is 0.0806. The molecule has 5 heteroatoms. The molecule has 5 nitrogen and oxygen atoms in total. The maximum atomic E-state index is 12.2. The summed E-state index contributed by atoms with van der Waals surface area (Å²) in [6, 6.07) is 16.2. The van der Waals surface area contributed by atoms with E-state index in [0.717, 1.165) is 40.0 Å². The molecule has 0 saturated carbocycles. The number of hydrogen-bond acceptors (Lipinski definition) is 4. The lowest BCUT2D eigenvalue weighted by atomic mass is 10.0. The molecule has 0 unspecified atom stereocenters. The molecule has 2 aromatic heterocycles. The first-order valence-corrected chi connectivity index (χ1v) is 9.79. The van der Waals surface area contributed by atoms with Gasteiger partial charge in [-0.3, -0.25) is 14.8 Å². The van der Waals surface area contributed by atoms with Crippen molar-refractivity contribution in [2.75, 3.05) is 6.54 Å². The number of rotatable bonds is 5. The highest BCUT2D eigenvalue weighted by molar-refractivity contribution is 6.02. The van der Waals surface area contributed by atoms with Gasteiger partial charge in [0.25, 0.3) is 0 Å². The van der Waals surface area contributed by atoms with E-state index in [1.54, 1.807) is 5.01 Å². The first-order valence-electron chi connectivity index (χ1n) is 9.79. The van der Waals surface area contributed by atoms with Crippen LogP contribution in [-0.2, 0) is 11.2 Å². The van der Waals surface area contributed by atoms with Crippen molar-refractivity contribution in [3.8, 4) is 0 Å². The van der Waals surface area contributed by atoms with E-state index in [1.807, 2.05) is 48.7 Å². The van der Waals surface area contributed by atoms with Crippen molar-refractivity contribution >= 4 is 22.5 Å². The van der Waals surface area contributed by atoms with Crippen molar-refractivity contribution in [2.45, 2.75) is 39.0 Å². The fourth-order valence-electron chi connectivity index (χ4n) is 3.49. The van der Waals surface area contributed by atoms with E-state index in [-0.39, 0.29) is 5.91 Å². The van der Waals surface area contributed by atoms with E-state index in [4.69, 9.17) is 10.1 Å². The first-order chi connectivity index (χ1) is 13.6. The summed E-state index contributed by atoms with van der Waals surface area (Å²) in [5, 5.41) is 7.45. The van der Waals surface area contributed by atoms with Crippen LogP contribution in [0.1, 0.15) is 49.6 Å². The van der Waals surface area contributed by atoms with Gasteiger partial charge >= 0.3 is 0 Å². The van der Waals surface area contributed by atoms with Crippen molar-refractivity contribution in [1.82, 2.24) is 15.0 Å². The van der Waals surface area contributed by atoms with Gasteiger partial charge in [-0.1, -0.05) is 38.1 Å². The molecular formula is C23H24N4O. The van der Waals surface area contributed by atoms with E-state index < -0.39 is 0 Å². The van der Waals surface area contributed by atoms with Crippen molar-refractivity contribution < 1.29 is 4.79 Å². The number of nitrogens with zero attached hydrogens (tertiary/aromatic N) is 4. The summed E-state index contributed by atoms with van der Waals surface area (Å²) in [6.07, 6.45) is 3.84. The van der Waals surface area contributed by atoms with Crippen LogP contribution >= 0.6 is 0 Å². The predicted octanol–water partition coefficient (Wildman–Crippen LogP) is 4.32. The Labute approximate surface area is 165 Å². The Bertz CT molecular complexity index is 1040. The summed E-state index contributed by atoms with van der Waals surface area (Å²) in [7, 11) is 0. The Hall–Kier alpha value is -3.08. The SMILES string of the molecule is CC(C)c1cccc(/C(Cc2ccnc3ccccc23)=N/N2CCCC2=O)n1. The van der Waals surface area contributed by atoms with Crippen LogP contribution < -0.4 is 0 Å². The Morgan fingerprint density at radius 1 is 1.14 bits per heavy atom. The third-order valence-corrected chi connectivity index (χ3v) is 5.04. The quantitative estimate of drug-likeness (QED) is 0.627. The molecule has 1 fully saturated rings. The lowest BCUT2D eigenvalue weighted by Crippen LogP contribution is -2.22. The number of benzene rings is 1. The Morgan fingerprint density at radius 3 is 2.79 bits per heavy atom. The van der Waals surface area contributed by atoms with Gasteiger partial charge in [-0.15, -0.1) is 0 Å². The second kappa shape index (κ2) is 7.89. The van der Waals surface area contributed by atoms with E-state index in [1.165, 1.54) is 0 Å². The average Bonchev–Trinajstić information content (AvgIpc) is 3.12. The number of hydrogen-bond donors (Lipinski definition) is 0. The highest BCUT2D eigenvalue weighted by Crippen LogP contribution is 2.20. The van der Waals surface area contributed by atoms with Crippen LogP contribution in [0.2, 0.25) is 0 Å². The van der Waals surface area contributed by atoms with Gasteiger partial charge in [-0.05, 0) is 42.2 Å². The summed E-state index contributed by atoms with van der Waals surface area (Å²) < 4.78 is 0. The third kappa shape index (κ3) is 3.79. The normalized spacial score (nSPS) is 15.0. The molecule has 1 aromatic carbocycles. The summed E-state index contributed by atoms with van der Waals surface area (Å²) in [4.78, 5) is 21.5. The Kier molecular flexibility index (Phi) is 5.15. The maximum Gasteiger partial charge on any atom is 0.242 e. The van der Waals surface area contributed by atoms with Crippen LogP contribution in [0, 0.1) is 0 Å². The minimum atomic E-state index is 0.0806. The fraction of sp³-hybridized carbons (Fsp3) is 0.304. The summed E-state index contributed by atoms with van der Waals surface area (Å²) in [5.74, 6) is 0.411. The van der Waals surface area contributed by atoms with Crippen LogP contribution in [0.15, 0.2) is 59.8 Å². The highest BCUT2D eigenvalue weighted by Gasteiger charge is 2.21. The second-order valence-electron chi connectivity index (χ2n) is 7.43. The molecule has 1 amide bonds. The molecule has 1 aliphatic heterocycles. The summed E-state index contributed by atoms with van der Waals surface area (Å²) >= 11 is 0. The molecule has 28 heavy (non-hydrogen) atoms. The smallest absolute Gasteiger partial charge is 0.242 e. The molecule has 0 bridgehead atoms. The highest BCUT2D eigenvalue weighted by atomic mass is 16.2. The molecule has 0 spiro atoms. The zero-order chi connectivity index (χ0) is 19.5. The maximum absolute atomic E-state index is 12.2. The Balaban J connectivity index is 1.78. The summed E-state index contributed by atoms with van der Waals surface area (Å²) in [5.41, 5.74) is 4.76. The van der Waals surface area contributed by atoms with Gasteiger partial charge in [0.05, 0.1) is 16.9 Å². The molecule has 4 rings (SSSR count). The Morgan fingerprint density at radius 2 is 2.00 bits per heavy atom. The fourth-order valence-corrected chi connectivity index (χ4v) is 3.49. The summed E-state index contributed by atoms with van der Waals surface area (Å²) in [6.45, 7) is 4.93. The zero-order valence-electron chi connectivity index (χ0n) is 16.3. The number of carbonyl (C=O) groups excluding carboxylic acids is 1. The molecule has 1 aliphatic rings. The van der Waals surface area contributed by atoms with Crippen molar-refractivity contribution in [2.24, 2.45) is 5.10 Å². The predicted molar refractivity (Wildman–Crippen MR) is 111 cm³/mol. The zero-order valence-corrected chi connectivity index (χ0v) is 16.3. The van der Waals surface area contributed by atoms with E-state index in [9.17, 15) is 4.79 Å². The van der Waals surface area contributed by atoms with Gasteiger partial charge in [0.15, 0.2) is 0 Å². The van der Waals surface area contributed by atoms with Crippen LogP contribution in [0.25, 0.3) is 10.9 Å². The van der Waals surface area contributed by atoms with Crippen molar-refractivity contribution in [3.05, 3.63) is 71.7 Å². The topological polar surface area (TPSA) is 58.5 Å². The largest absolute Gasteiger partial charge is 0.273 e. The van der Waals surface area contributed by atoms with Gasteiger partial charge in [-0.25, -0.2) is 5.01 Å². The molecule has 0 atom stereocenters. The molecule has 3 aromatic rings.